The van der Waals surface area contributed by atoms with Crippen LogP contribution in [0, 0.1) is 0 Å². The SMILES string of the molecule is CCN1C(=O)/C(=C\c2cccn3cc(Br)nc23)N=C1OC. The Labute approximate surface area is 129 Å². The van der Waals surface area contributed by atoms with Crippen LogP contribution in [-0.2, 0) is 9.53 Å². The number of methoxy groups -OCH3 is 1. The Balaban J connectivity index is 2.08. The summed E-state index contributed by atoms with van der Waals surface area (Å²) in [5.41, 5.74) is 1.93. The summed E-state index contributed by atoms with van der Waals surface area (Å²) in [6, 6.07) is 4.11. The van der Waals surface area contributed by atoms with Crippen LogP contribution in [0.3, 0.4) is 0 Å². The number of fused-ring (bicyclic) bond motifs is 1. The summed E-state index contributed by atoms with van der Waals surface area (Å²) in [6.07, 6.45) is 5.48. The van der Waals surface area contributed by atoms with Gasteiger partial charge in [0.1, 0.15) is 15.9 Å². The highest BCUT2D eigenvalue weighted by atomic mass is 79.9. The van der Waals surface area contributed by atoms with Gasteiger partial charge >= 0.3 is 0 Å². The van der Waals surface area contributed by atoms with E-state index in [4.69, 9.17) is 4.74 Å². The van der Waals surface area contributed by atoms with Gasteiger partial charge in [-0.3, -0.25) is 9.69 Å². The monoisotopic (exact) mass is 348 g/mol. The van der Waals surface area contributed by atoms with Crippen molar-refractivity contribution in [2.75, 3.05) is 13.7 Å². The van der Waals surface area contributed by atoms with Crippen molar-refractivity contribution in [1.82, 2.24) is 14.3 Å². The second-order valence-electron chi connectivity index (χ2n) is 4.44. The Hall–Kier alpha value is -2.15. The molecule has 0 radical (unpaired) electrons. The molecule has 0 aromatic carbocycles. The zero-order chi connectivity index (χ0) is 15.0. The minimum absolute atomic E-state index is 0.165. The largest absolute Gasteiger partial charge is 0.468 e. The second-order valence-corrected chi connectivity index (χ2v) is 5.25. The third kappa shape index (κ3) is 2.33. The summed E-state index contributed by atoms with van der Waals surface area (Å²) < 4.78 is 7.75. The van der Waals surface area contributed by atoms with Crippen molar-refractivity contribution in [3.8, 4) is 0 Å². The Bertz CT molecular complexity index is 778. The molecular formula is C14H13BrN4O2. The van der Waals surface area contributed by atoms with Crippen molar-refractivity contribution < 1.29 is 9.53 Å². The lowest BCUT2D eigenvalue weighted by molar-refractivity contribution is -0.123. The molecule has 3 rings (SSSR count). The Morgan fingerprint density at radius 2 is 2.29 bits per heavy atom. The van der Waals surface area contributed by atoms with Gasteiger partial charge in [0.25, 0.3) is 11.9 Å². The number of likely N-dealkylation sites (N-methyl/N-ethyl adjacent to an activating group) is 1. The van der Waals surface area contributed by atoms with Gasteiger partial charge in [-0.2, -0.15) is 4.99 Å². The molecule has 3 heterocycles. The fourth-order valence-electron chi connectivity index (χ4n) is 2.23. The fraction of sp³-hybridized carbons (Fsp3) is 0.214. The predicted molar refractivity (Wildman–Crippen MR) is 82.7 cm³/mol. The summed E-state index contributed by atoms with van der Waals surface area (Å²) in [6.45, 7) is 2.39. The minimum Gasteiger partial charge on any atom is -0.468 e. The number of carbonyl (C=O) groups is 1. The standard InChI is InChI=1S/C14H13BrN4O2/c1-3-19-13(20)10(16-14(19)21-2)7-9-5-4-6-18-8-11(15)17-12(9)18/h4-8H,3H2,1-2H3/b10-7+. The van der Waals surface area contributed by atoms with E-state index in [1.54, 1.807) is 6.08 Å². The lowest BCUT2D eigenvalue weighted by Gasteiger charge is -2.12. The molecule has 0 spiro atoms. The van der Waals surface area contributed by atoms with E-state index in [2.05, 4.69) is 25.9 Å². The molecular weight excluding hydrogens is 336 g/mol. The molecule has 0 N–H and O–H groups in total. The van der Waals surface area contributed by atoms with Crippen LogP contribution in [-0.4, -0.2) is 39.9 Å². The molecule has 0 fully saturated rings. The number of imidazole rings is 1. The van der Waals surface area contributed by atoms with E-state index < -0.39 is 0 Å². The molecule has 1 amide bonds. The number of hydrogen-bond acceptors (Lipinski definition) is 4. The van der Waals surface area contributed by atoms with E-state index in [0.717, 1.165) is 15.8 Å². The molecule has 1 aliphatic rings. The van der Waals surface area contributed by atoms with Gasteiger partial charge in [0.05, 0.1) is 7.11 Å². The van der Waals surface area contributed by atoms with E-state index in [1.807, 2.05) is 35.9 Å². The van der Waals surface area contributed by atoms with E-state index in [0.29, 0.717) is 18.3 Å². The topological polar surface area (TPSA) is 59.2 Å². The van der Waals surface area contributed by atoms with Gasteiger partial charge in [0.15, 0.2) is 0 Å². The zero-order valence-corrected chi connectivity index (χ0v) is 13.2. The van der Waals surface area contributed by atoms with Crippen molar-refractivity contribution in [1.29, 1.82) is 0 Å². The highest BCUT2D eigenvalue weighted by molar-refractivity contribution is 9.10. The average Bonchev–Trinajstić information content (AvgIpc) is 2.99. The molecule has 0 unspecified atom stereocenters. The number of aliphatic imine (C=N–C) groups is 1. The van der Waals surface area contributed by atoms with E-state index in [1.165, 1.54) is 12.0 Å². The predicted octanol–water partition coefficient (Wildman–Crippen LogP) is 2.30. The number of halogens is 1. The van der Waals surface area contributed by atoms with Crippen molar-refractivity contribution in [2.24, 2.45) is 4.99 Å². The Morgan fingerprint density at radius 3 is 2.95 bits per heavy atom. The quantitative estimate of drug-likeness (QED) is 0.782. The lowest BCUT2D eigenvalue weighted by atomic mass is 10.2. The van der Waals surface area contributed by atoms with Crippen molar-refractivity contribution in [3.05, 3.63) is 40.4 Å². The summed E-state index contributed by atoms with van der Waals surface area (Å²) in [4.78, 5) is 22.4. The fourth-order valence-corrected chi connectivity index (χ4v) is 2.62. The molecule has 2 aromatic heterocycles. The third-order valence-electron chi connectivity index (χ3n) is 3.19. The molecule has 6 nitrogen and oxygen atoms in total. The summed E-state index contributed by atoms with van der Waals surface area (Å²) in [5.74, 6) is -0.165. The summed E-state index contributed by atoms with van der Waals surface area (Å²) in [5, 5.41) is 0. The molecule has 0 saturated carbocycles. The van der Waals surface area contributed by atoms with Gasteiger partial charge in [-0.25, -0.2) is 4.98 Å². The first-order chi connectivity index (χ1) is 10.1. The molecule has 0 aliphatic carbocycles. The smallest absolute Gasteiger partial charge is 0.299 e. The lowest BCUT2D eigenvalue weighted by Crippen LogP contribution is -2.32. The van der Waals surface area contributed by atoms with Gasteiger partial charge in [0.2, 0.25) is 0 Å². The van der Waals surface area contributed by atoms with Crippen LogP contribution in [0.15, 0.2) is 39.8 Å². The first-order valence-corrected chi connectivity index (χ1v) is 7.22. The number of hydrogen-bond donors (Lipinski definition) is 0. The molecule has 0 saturated heterocycles. The van der Waals surface area contributed by atoms with Crippen molar-refractivity contribution >= 4 is 39.6 Å². The summed E-state index contributed by atoms with van der Waals surface area (Å²) >= 11 is 3.35. The maximum absolute atomic E-state index is 12.3. The molecule has 108 valence electrons. The maximum atomic E-state index is 12.3. The first-order valence-electron chi connectivity index (χ1n) is 6.43. The number of aromatic nitrogens is 2. The maximum Gasteiger partial charge on any atom is 0.299 e. The number of nitrogens with zero attached hydrogens (tertiary/aromatic N) is 4. The molecule has 0 bridgehead atoms. The Kier molecular flexibility index (Phi) is 3.50. The van der Waals surface area contributed by atoms with Crippen LogP contribution in [0.4, 0.5) is 0 Å². The van der Waals surface area contributed by atoms with Crippen LogP contribution in [0.1, 0.15) is 12.5 Å². The van der Waals surface area contributed by atoms with Crippen LogP contribution >= 0.6 is 15.9 Å². The minimum atomic E-state index is -0.165. The van der Waals surface area contributed by atoms with Crippen LogP contribution in [0.25, 0.3) is 11.7 Å². The van der Waals surface area contributed by atoms with Gasteiger partial charge < -0.3 is 9.14 Å². The third-order valence-corrected chi connectivity index (χ3v) is 3.57. The molecule has 0 atom stereocenters. The normalized spacial score (nSPS) is 16.9. The van der Waals surface area contributed by atoms with Crippen LogP contribution < -0.4 is 0 Å². The highest BCUT2D eigenvalue weighted by Crippen LogP contribution is 2.21. The molecule has 7 heteroatoms. The van der Waals surface area contributed by atoms with E-state index in [9.17, 15) is 4.79 Å². The number of rotatable bonds is 2. The first kappa shape index (κ1) is 13.8. The second kappa shape index (κ2) is 5.33. The Morgan fingerprint density at radius 1 is 1.48 bits per heavy atom. The molecule has 21 heavy (non-hydrogen) atoms. The van der Waals surface area contributed by atoms with Gasteiger partial charge in [-0.15, -0.1) is 0 Å². The van der Waals surface area contributed by atoms with E-state index >= 15 is 0 Å². The van der Waals surface area contributed by atoms with Crippen molar-refractivity contribution in [2.45, 2.75) is 6.92 Å². The number of carbonyl (C=O) groups excluding carboxylic acids is 1. The number of amides is 1. The van der Waals surface area contributed by atoms with Gasteiger partial charge in [0, 0.05) is 24.5 Å². The molecule has 2 aromatic rings. The van der Waals surface area contributed by atoms with Gasteiger partial charge in [-0.05, 0) is 41.1 Å². The van der Waals surface area contributed by atoms with Crippen molar-refractivity contribution in [3.63, 3.8) is 0 Å². The van der Waals surface area contributed by atoms with Gasteiger partial charge in [-0.1, -0.05) is 0 Å². The van der Waals surface area contributed by atoms with E-state index in [-0.39, 0.29) is 5.91 Å². The highest BCUT2D eigenvalue weighted by Gasteiger charge is 2.29. The zero-order valence-electron chi connectivity index (χ0n) is 11.6. The number of pyridine rings is 1. The van der Waals surface area contributed by atoms with Crippen LogP contribution in [0.2, 0.25) is 0 Å². The number of ether oxygens (including phenoxy) is 1. The van der Waals surface area contributed by atoms with Crippen LogP contribution in [0.5, 0.6) is 0 Å². The average molecular weight is 349 g/mol. The summed E-state index contributed by atoms with van der Waals surface area (Å²) in [7, 11) is 1.50. The molecule has 1 aliphatic heterocycles. The number of amidine groups is 1.